The van der Waals surface area contributed by atoms with Gasteiger partial charge in [0.15, 0.2) is 5.78 Å². The van der Waals surface area contributed by atoms with Crippen LogP contribution in [0.5, 0.6) is 0 Å². The zero-order chi connectivity index (χ0) is 16.8. The monoisotopic (exact) mass is 312 g/mol. The summed E-state index contributed by atoms with van der Waals surface area (Å²) in [4.78, 5) is 34.9. The van der Waals surface area contributed by atoms with Gasteiger partial charge in [-0.25, -0.2) is 9.59 Å². The third-order valence-corrected chi connectivity index (χ3v) is 3.13. The smallest absolute Gasteiger partial charge is 0.339 e. The molecule has 2 rings (SSSR count). The Kier molecular flexibility index (Phi) is 5.09. The van der Waals surface area contributed by atoms with E-state index >= 15 is 0 Å². The molecule has 0 radical (unpaired) electrons. The first-order chi connectivity index (χ1) is 11.0. The molecule has 0 spiro atoms. The summed E-state index contributed by atoms with van der Waals surface area (Å²) in [6, 6.07) is 12.5. The highest BCUT2D eigenvalue weighted by molar-refractivity contribution is 6.05. The fourth-order valence-electron chi connectivity index (χ4n) is 1.95. The minimum Gasteiger partial charge on any atom is -0.465 e. The Balaban J connectivity index is 2.08. The molecule has 2 aromatic rings. The first-order valence-electron chi connectivity index (χ1n) is 6.87. The predicted molar refractivity (Wildman–Crippen MR) is 86.9 cm³/mol. The van der Waals surface area contributed by atoms with Crippen molar-refractivity contribution in [1.82, 2.24) is 0 Å². The zero-order valence-corrected chi connectivity index (χ0v) is 12.8. The van der Waals surface area contributed by atoms with E-state index in [1.807, 2.05) is 0 Å². The van der Waals surface area contributed by atoms with Crippen molar-refractivity contribution in [3.8, 4) is 0 Å². The van der Waals surface area contributed by atoms with E-state index in [0.29, 0.717) is 16.9 Å². The van der Waals surface area contributed by atoms with Crippen molar-refractivity contribution >= 4 is 29.2 Å². The fourth-order valence-corrected chi connectivity index (χ4v) is 1.95. The number of ether oxygens (including phenoxy) is 1. The van der Waals surface area contributed by atoms with Gasteiger partial charge in [0.2, 0.25) is 0 Å². The number of carbonyl (C=O) groups excluding carboxylic acids is 3. The van der Waals surface area contributed by atoms with Gasteiger partial charge in [0.25, 0.3) is 0 Å². The molecule has 2 amide bonds. The highest BCUT2D eigenvalue weighted by Crippen LogP contribution is 2.17. The molecule has 118 valence electrons. The summed E-state index contributed by atoms with van der Waals surface area (Å²) < 4.78 is 4.67. The molecule has 2 aromatic carbocycles. The van der Waals surface area contributed by atoms with Gasteiger partial charge < -0.3 is 15.4 Å². The molecule has 0 aliphatic rings. The number of esters is 1. The molecule has 0 aromatic heterocycles. The van der Waals surface area contributed by atoms with E-state index in [1.54, 1.807) is 48.5 Å². The lowest BCUT2D eigenvalue weighted by molar-refractivity contribution is 0.0601. The van der Waals surface area contributed by atoms with Crippen LogP contribution >= 0.6 is 0 Å². The largest absolute Gasteiger partial charge is 0.465 e. The van der Waals surface area contributed by atoms with Crippen LogP contribution in [0, 0.1) is 0 Å². The molecule has 0 atom stereocenters. The van der Waals surface area contributed by atoms with Gasteiger partial charge in [0.05, 0.1) is 18.4 Å². The zero-order valence-electron chi connectivity index (χ0n) is 12.8. The van der Waals surface area contributed by atoms with Crippen molar-refractivity contribution < 1.29 is 19.1 Å². The summed E-state index contributed by atoms with van der Waals surface area (Å²) in [5.74, 6) is -0.584. The standard InChI is InChI=1S/C17H16N2O4/c1-11(20)12-7-9-13(10-8-12)18-17(22)19-15-6-4-3-5-14(15)16(21)23-2/h3-10H,1-2H3,(H2,18,19,22). The molecule has 2 N–H and O–H groups in total. The number of benzene rings is 2. The number of urea groups is 1. The Labute approximate surface area is 133 Å². The van der Waals surface area contributed by atoms with Crippen LogP contribution < -0.4 is 10.6 Å². The summed E-state index contributed by atoms with van der Waals surface area (Å²) in [6.45, 7) is 1.47. The average Bonchev–Trinajstić information content (AvgIpc) is 2.55. The van der Waals surface area contributed by atoms with Gasteiger partial charge in [-0.3, -0.25) is 4.79 Å². The van der Waals surface area contributed by atoms with Crippen molar-refractivity contribution in [2.24, 2.45) is 0 Å². The molecular weight excluding hydrogens is 296 g/mol. The Bertz CT molecular complexity index is 739. The van der Waals surface area contributed by atoms with Gasteiger partial charge in [-0.05, 0) is 43.3 Å². The van der Waals surface area contributed by atoms with Crippen molar-refractivity contribution in [2.75, 3.05) is 17.7 Å². The number of Topliss-reactive ketones (excluding diaryl/α,β-unsaturated/α-hetero) is 1. The fraction of sp³-hybridized carbons (Fsp3) is 0.118. The van der Waals surface area contributed by atoms with Crippen LogP contribution in [0.4, 0.5) is 16.2 Å². The summed E-state index contributed by atoms with van der Waals surface area (Å²) in [6.07, 6.45) is 0. The molecule has 0 bridgehead atoms. The summed E-state index contributed by atoms with van der Waals surface area (Å²) in [5, 5.41) is 5.22. The third kappa shape index (κ3) is 4.16. The molecule has 0 saturated carbocycles. The second-order valence-electron chi connectivity index (χ2n) is 4.75. The number of methoxy groups -OCH3 is 1. The van der Waals surface area contributed by atoms with E-state index in [1.165, 1.54) is 14.0 Å². The summed E-state index contributed by atoms with van der Waals surface area (Å²) in [7, 11) is 1.27. The second kappa shape index (κ2) is 7.22. The topological polar surface area (TPSA) is 84.5 Å². The minimum absolute atomic E-state index is 0.0481. The van der Waals surface area contributed by atoms with Gasteiger partial charge in [0, 0.05) is 11.3 Å². The van der Waals surface area contributed by atoms with E-state index in [4.69, 9.17) is 0 Å². The molecule has 6 heteroatoms. The average molecular weight is 312 g/mol. The first kappa shape index (κ1) is 16.2. The lowest BCUT2D eigenvalue weighted by Crippen LogP contribution is -2.21. The van der Waals surface area contributed by atoms with Crippen LogP contribution in [-0.2, 0) is 4.74 Å². The number of ketones is 1. The predicted octanol–water partition coefficient (Wildman–Crippen LogP) is 3.32. The lowest BCUT2D eigenvalue weighted by Gasteiger charge is -2.11. The summed E-state index contributed by atoms with van der Waals surface area (Å²) >= 11 is 0. The molecule has 0 aliphatic heterocycles. The number of amides is 2. The third-order valence-electron chi connectivity index (χ3n) is 3.13. The Morgan fingerprint density at radius 2 is 1.57 bits per heavy atom. The van der Waals surface area contributed by atoms with Gasteiger partial charge in [-0.2, -0.15) is 0 Å². The van der Waals surface area contributed by atoms with Crippen molar-refractivity contribution in [1.29, 1.82) is 0 Å². The molecule has 0 fully saturated rings. The van der Waals surface area contributed by atoms with E-state index in [9.17, 15) is 14.4 Å². The number of anilines is 2. The van der Waals surface area contributed by atoms with E-state index in [2.05, 4.69) is 15.4 Å². The SMILES string of the molecule is COC(=O)c1ccccc1NC(=O)Nc1ccc(C(C)=O)cc1. The second-order valence-corrected chi connectivity index (χ2v) is 4.75. The maximum absolute atomic E-state index is 12.0. The first-order valence-corrected chi connectivity index (χ1v) is 6.87. The normalized spacial score (nSPS) is 9.83. The minimum atomic E-state index is -0.535. The lowest BCUT2D eigenvalue weighted by atomic mass is 10.1. The summed E-state index contributed by atoms with van der Waals surface area (Å²) in [5.41, 5.74) is 1.70. The van der Waals surface area contributed by atoms with Crippen LogP contribution in [0.1, 0.15) is 27.6 Å². The number of nitrogens with one attached hydrogen (secondary N) is 2. The number of hydrogen-bond acceptors (Lipinski definition) is 4. The van der Waals surface area contributed by atoms with Gasteiger partial charge >= 0.3 is 12.0 Å². The van der Waals surface area contributed by atoms with Gasteiger partial charge in [-0.1, -0.05) is 12.1 Å². The molecular formula is C17H16N2O4. The van der Waals surface area contributed by atoms with Gasteiger partial charge in [0.1, 0.15) is 0 Å². The molecule has 0 saturated heterocycles. The highest BCUT2D eigenvalue weighted by atomic mass is 16.5. The quantitative estimate of drug-likeness (QED) is 0.670. The molecule has 23 heavy (non-hydrogen) atoms. The number of rotatable bonds is 4. The number of para-hydroxylation sites is 1. The Morgan fingerprint density at radius 3 is 2.17 bits per heavy atom. The molecule has 0 heterocycles. The molecule has 0 aliphatic carbocycles. The van der Waals surface area contributed by atoms with Crippen molar-refractivity contribution in [3.05, 3.63) is 59.7 Å². The van der Waals surface area contributed by atoms with Crippen LogP contribution in [-0.4, -0.2) is 24.9 Å². The van der Waals surface area contributed by atoms with Crippen LogP contribution in [0.2, 0.25) is 0 Å². The maximum Gasteiger partial charge on any atom is 0.339 e. The van der Waals surface area contributed by atoms with E-state index in [0.717, 1.165) is 0 Å². The maximum atomic E-state index is 12.0. The molecule has 0 unspecified atom stereocenters. The van der Waals surface area contributed by atoms with Gasteiger partial charge in [-0.15, -0.1) is 0 Å². The highest BCUT2D eigenvalue weighted by Gasteiger charge is 2.13. The van der Waals surface area contributed by atoms with Crippen LogP contribution in [0.3, 0.4) is 0 Å². The van der Waals surface area contributed by atoms with Crippen LogP contribution in [0.25, 0.3) is 0 Å². The Morgan fingerprint density at radius 1 is 0.913 bits per heavy atom. The molecule has 6 nitrogen and oxygen atoms in total. The van der Waals surface area contributed by atoms with E-state index < -0.39 is 12.0 Å². The van der Waals surface area contributed by atoms with Crippen molar-refractivity contribution in [2.45, 2.75) is 6.92 Å². The van der Waals surface area contributed by atoms with Crippen LogP contribution in [0.15, 0.2) is 48.5 Å². The van der Waals surface area contributed by atoms with E-state index in [-0.39, 0.29) is 11.3 Å². The number of hydrogen-bond donors (Lipinski definition) is 2. The van der Waals surface area contributed by atoms with Crippen molar-refractivity contribution in [3.63, 3.8) is 0 Å². The Hall–Kier alpha value is -3.15. The number of carbonyl (C=O) groups is 3.